The van der Waals surface area contributed by atoms with Crippen molar-refractivity contribution in [2.24, 2.45) is 5.10 Å². The van der Waals surface area contributed by atoms with Crippen LogP contribution in [0.3, 0.4) is 0 Å². The molecule has 3 rings (SSSR count). The molecule has 0 atom stereocenters. The Hall–Kier alpha value is -3.08. The molecule has 0 saturated heterocycles. The molecule has 0 spiro atoms. The van der Waals surface area contributed by atoms with Gasteiger partial charge in [0.1, 0.15) is 5.82 Å². The maximum atomic E-state index is 12.9. The molecule has 0 radical (unpaired) electrons. The average molecular weight is 306 g/mol. The third-order valence-corrected chi connectivity index (χ3v) is 3.34. The van der Waals surface area contributed by atoms with Gasteiger partial charge in [0, 0.05) is 18.0 Å². The Morgan fingerprint density at radius 3 is 2.22 bits per heavy atom. The number of nitrogens with one attached hydrogen (secondary N) is 1. The minimum atomic E-state index is -0.269. The van der Waals surface area contributed by atoms with E-state index < -0.39 is 0 Å². The summed E-state index contributed by atoms with van der Waals surface area (Å²) in [5, 5.41) is 4.22. The molecule has 1 heterocycles. The number of hydrogen-bond acceptors (Lipinski definition) is 4. The van der Waals surface area contributed by atoms with Crippen LogP contribution in [0.2, 0.25) is 0 Å². The van der Waals surface area contributed by atoms with Gasteiger partial charge in [-0.25, -0.2) is 19.8 Å². The highest BCUT2D eigenvalue weighted by atomic mass is 19.1. The highest BCUT2D eigenvalue weighted by molar-refractivity contribution is 5.98. The first-order chi connectivity index (χ1) is 11.2. The van der Waals surface area contributed by atoms with Crippen LogP contribution in [0, 0.1) is 5.82 Å². The minimum absolute atomic E-state index is 0.269. The fourth-order valence-electron chi connectivity index (χ4n) is 2.05. The number of anilines is 1. The first-order valence-electron chi connectivity index (χ1n) is 7.16. The molecular formula is C18H15FN4. The highest BCUT2D eigenvalue weighted by Crippen LogP contribution is 2.17. The van der Waals surface area contributed by atoms with Crippen LogP contribution in [0.4, 0.5) is 10.3 Å². The van der Waals surface area contributed by atoms with Crippen molar-refractivity contribution in [2.75, 3.05) is 5.43 Å². The minimum Gasteiger partial charge on any atom is -0.245 e. The van der Waals surface area contributed by atoms with Crippen molar-refractivity contribution in [3.05, 3.63) is 78.4 Å². The van der Waals surface area contributed by atoms with Gasteiger partial charge in [-0.1, -0.05) is 42.5 Å². The molecule has 0 fully saturated rings. The van der Waals surface area contributed by atoms with E-state index in [2.05, 4.69) is 20.5 Å². The Morgan fingerprint density at radius 1 is 0.913 bits per heavy atom. The zero-order valence-corrected chi connectivity index (χ0v) is 12.6. The van der Waals surface area contributed by atoms with Gasteiger partial charge in [0.15, 0.2) is 0 Å². The molecule has 0 saturated carbocycles. The van der Waals surface area contributed by atoms with Crippen molar-refractivity contribution in [2.45, 2.75) is 6.92 Å². The van der Waals surface area contributed by atoms with Gasteiger partial charge in [0.05, 0.1) is 5.71 Å². The first-order valence-corrected chi connectivity index (χ1v) is 7.16. The van der Waals surface area contributed by atoms with Gasteiger partial charge in [-0.15, -0.1) is 0 Å². The van der Waals surface area contributed by atoms with Gasteiger partial charge < -0.3 is 0 Å². The van der Waals surface area contributed by atoms with Crippen LogP contribution in [0.25, 0.3) is 11.1 Å². The summed E-state index contributed by atoms with van der Waals surface area (Å²) in [5.74, 6) is 0.139. The van der Waals surface area contributed by atoms with Gasteiger partial charge in [0.25, 0.3) is 0 Å². The van der Waals surface area contributed by atoms with E-state index in [-0.39, 0.29) is 5.82 Å². The topological polar surface area (TPSA) is 50.2 Å². The Morgan fingerprint density at radius 2 is 1.57 bits per heavy atom. The maximum absolute atomic E-state index is 12.9. The van der Waals surface area contributed by atoms with Crippen LogP contribution >= 0.6 is 0 Å². The summed E-state index contributed by atoms with van der Waals surface area (Å²) < 4.78 is 12.9. The molecule has 23 heavy (non-hydrogen) atoms. The molecule has 5 heteroatoms. The first kappa shape index (κ1) is 14.8. The lowest BCUT2D eigenvalue weighted by Gasteiger charge is -2.04. The van der Waals surface area contributed by atoms with E-state index in [1.165, 1.54) is 12.1 Å². The molecule has 4 nitrogen and oxygen atoms in total. The van der Waals surface area contributed by atoms with Crippen LogP contribution in [-0.4, -0.2) is 15.7 Å². The summed E-state index contributed by atoms with van der Waals surface area (Å²) in [7, 11) is 0. The van der Waals surface area contributed by atoms with Crippen LogP contribution in [-0.2, 0) is 0 Å². The number of halogens is 1. The lowest BCUT2D eigenvalue weighted by Crippen LogP contribution is -2.02. The van der Waals surface area contributed by atoms with Crippen molar-refractivity contribution in [1.29, 1.82) is 0 Å². The number of hydrazone groups is 1. The van der Waals surface area contributed by atoms with E-state index in [1.54, 1.807) is 24.5 Å². The fourth-order valence-corrected chi connectivity index (χ4v) is 2.05. The van der Waals surface area contributed by atoms with Crippen LogP contribution in [0.15, 0.2) is 72.1 Å². The fraction of sp³-hybridized carbons (Fsp3) is 0.0556. The highest BCUT2D eigenvalue weighted by Gasteiger charge is 2.01. The van der Waals surface area contributed by atoms with Crippen molar-refractivity contribution in [3.8, 4) is 11.1 Å². The van der Waals surface area contributed by atoms with Crippen molar-refractivity contribution < 1.29 is 4.39 Å². The molecule has 0 aliphatic heterocycles. The predicted octanol–water partition coefficient (Wildman–Crippen LogP) is 4.12. The zero-order chi connectivity index (χ0) is 16.1. The van der Waals surface area contributed by atoms with E-state index in [0.717, 1.165) is 22.4 Å². The molecule has 0 aliphatic rings. The second-order valence-electron chi connectivity index (χ2n) is 4.98. The second kappa shape index (κ2) is 6.79. The second-order valence-corrected chi connectivity index (χ2v) is 4.98. The number of nitrogens with zero attached hydrogens (tertiary/aromatic N) is 3. The summed E-state index contributed by atoms with van der Waals surface area (Å²) in [4.78, 5) is 8.49. The number of aromatic nitrogens is 2. The Labute approximate surface area is 133 Å². The number of benzene rings is 2. The quantitative estimate of drug-likeness (QED) is 0.582. The van der Waals surface area contributed by atoms with E-state index in [1.807, 2.05) is 37.3 Å². The summed E-state index contributed by atoms with van der Waals surface area (Å²) in [6.45, 7) is 1.83. The van der Waals surface area contributed by atoms with Gasteiger partial charge in [-0.05, 0) is 30.2 Å². The number of rotatable bonds is 4. The van der Waals surface area contributed by atoms with E-state index >= 15 is 0 Å². The van der Waals surface area contributed by atoms with Crippen LogP contribution in [0.5, 0.6) is 0 Å². The summed E-state index contributed by atoms with van der Waals surface area (Å²) >= 11 is 0. The molecule has 114 valence electrons. The molecular weight excluding hydrogens is 291 g/mol. The average Bonchev–Trinajstić information content (AvgIpc) is 2.61. The van der Waals surface area contributed by atoms with Crippen LogP contribution in [0.1, 0.15) is 12.5 Å². The Bertz CT molecular complexity index is 797. The van der Waals surface area contributed by atoms with E-state index in [4.69, 9.17) is 0 Å². The third-order valence-electron chi connectivity index (χ3n) is 3.34. The Balaban J connectivity index is 1.71. The molecule has 2 aromatic carbocycles. The van der Waals surface area contributed by atoms with E-state index in [0.29, 0.717) is 5.95 Å². The molecule has 0 amide bonds. The summed E-state index contributed by atoms with van der Waals surface area (Å²) in [6, 6.07) is 16.1. The molecule has 0 aliphatic carbocycles. The van der Waals surface area contributed by atoms with Crippen molar-refractivity contribution in [1.82, 2.24) is 9.97 Å². The molecule has 1 aromatic heterocycles. The maximum Gasteiger partial charge on any atom is 0.243 e. The summed E-state index contributed by atoms with van der Waals surface area (Å²) in [6.07, 6.45) is 3.49. The molecule has 0 unspecified atom stereocenters. The lowest BCUT2D eigenvalue weighted by atomic mass is 10.1. The summed E-state index contributed by atoms with van der Waals surface area (Å²) in [5.41, 5.74) is 6.36. The monoisotopic (exact) mass is 306 g/mol. The molecule has 0 bridgehead atoms. The lowest BCUT2D eigenvalue weighted by molar-refractivity contribution is 0.628. The van der Waals surface area contributed by atoms with Gasteiger partial charge in [-0.3, -0.25) is 0 Å². The van der Waals surface area contributed by atoms with Crippen LogP contribution < -0.4 is 5.43 Å². The van der Waals surface area contributed by atoms with Crippen molar-refractivity contribution in [3.63, 3.8) is 0 Å². The van der Waals surface area contributed by atoms with Crippen molar-refractivity contribution >= 4 is 11.7 Å². The number of hydrogen-bond donors (Lipinski definition) is 1. The smallest absolute Gasteiger partial charge is 0.243 e. The van der Waals surface area contributed by atoms with Gasteiger partial charge in [0.2, 0.25) is 5.95 Å². The van der Waals surface area contributed by atoms with E-state index in [9.17, 15) is 4.39 Å². The normalized spacial score (nSPS) is 11.3. The molecule has 3 aromatic rings. The molecule has 1 N–H and O–H groups in total. The SMILES string of the molecule is C/C(=N\Nc1ncc(-c2ccccc2)cn1)c1ccc(F)cc1. The standard InChI is InChI=1S/C18H15FN4/c1-13(14-7-9-17(19)10-8-14)22-23-18-20-11-16(12-21-18)15-5-3-2-4-6-15/h2-12H,1H3,(H,20,21,23)/b22-13+. The Kier molecular flexibility index (Phi) is 4.38. The predicted molar refractivity (Wildman–Crippen MR) is 89.7 cm³/mol. The van der Waals surface area contributed by atoms with Gasteiger partial charge >= 0.3 is 0 Å². The van der Waals surface area contributed by atoms with Gasteiger partial charge in [-0.2, -0.15) is 5.10 Å². The largest absolute Gasteiger partial charge is 0.245 e. The zero-order valence-electron chi connectivity index (χ0n) is 12.6. The third kappa shape index (κ3) is 3.77.